The molecule has 1 amide bonds. The first kappa shape index (κ1) is 17.5. The zero-order chi connectivity index (χ0) is 19.0. The van der Waals surface area contributed by atoms with Crippen molar-refractivity contribution in [3.8, 4) is 0 Å². The molecule has 0 spiro atoms. The van der Waals surface area contributed by atoms with Gasteiger partial charge in [0.2, 0.25) is 5.91 Å². The van der Waals surface area contributed by atoms with Gasteiger partial charge in [-0.15, -0.1) is 0 Å². The van der Waals surface area contributed by atoms with Gasteiger partial charge in [0.15, 0.2) is 0 Å². The zero-order valence-electron chi connectivity index (χ0n) is 15.5. The Bertz CT molecular complexity index is 1040. The summed E-state index contributed by atoms with van der Waals surface area (Å²) in [4.78, 5) is 29.2. The lowest BCUT2D eigenvalue weighted by atomic mass is 9.95. The number of nitrogens with one attached hydrogen (secondary N) is 2. The van der Waals surface area contributed by atoms with Gasteiger partial charge < -0.3 is 15.2 Å². The molecule has 2 N–H and O–H groups in total. The highest BCUT2D eigenvalue weighted by Gasteiger charge is 2.38. The largest absolute Gasteiger partial charge is 0.338 e. The van der Waals surface area contributed by atoms with E-state index in [1.54, 1.807) is 9.58 Å². The maximum atomic E-state index is 12.3. The second kappa shape index (κ2) is 7.00. The highest BCUT2D eigenvalue weighted by Crippen LogP contribution is 2.36. The third-order valence-electron chi connectivity index (χ3n) is 5.31. The van der Waals surface area contributed by atoms with Crippen LogP contribution in [0.5, 0.6) is 0 Å². The van der Waals surface area contributed by atoms with Crippen LogP contribution in [0, 0.1) is 5.92 Å². The minimum Gasteiger partial charge on any atom is -0.338 e. The Kier molecular flexibility index (Phi) is 4.53. The standard InChI is InChI=1S/C20H23N5O2/c1-24-12-16(11-22-24)19-14(8-18(26)25(19)2)9-21-10-15-7-13-5-3-4-6-17(13)23-20(15)27/h3-7,11-12,14,19,21H,8-10H2,1-2H3,(H,23,27)/t14-,19+/m0/s1. The topological polar surface area (TPSA) is 83.0 Å². The van der Waals surface area contributed by atoms with Crippen LogP contribution in [0.15, 0.2) is 47.5 Å². The Hall–Kier alpha value is -2.93. The van der Waals surface area contributed by atoms with Gasteiger partial charge in [-0.05, 0) is 17.5 Å². The average molecular weight is 365 g/mol. The number of hydrogen-bond acceptors (Lipinski definition) is 4. The SMILES string of the molecule is CN1C(=O)C[C@@H](CNCc2cc3ccccc3[nH]c2=O)[C@@H]1c1cnn(C)c1. The molecule has 4 rings (SSSR count). The summed E-state index contributed by atoms with van der Waals surface area (Å²) in [7, 11) is 3.72. The van der Waals surface area contributed by atoms with Gasteiger partial charge in [0.1, 0.15) is 0 Å². The van der Waals surface area contributed by atoms with Gasteiger partial charge in [-0.2, -0.15) is 5.10 Å². The molecular formula is C20H23N5O2. The molecule has 3 heterocycles. The molecule has 1 saturated heterocycles. The molecule has 140 valence electrons. The molecule has 7 nitrogen and oxygen atoms in total. The van der Waals surface area contributed by atoms with E-state index in [0.717, 1.165) is 16.5 Å². The number of likely N-dealkylation sites (tertiary alicyclic amines) is 1. The van der Waals surface area contributed by atoms with Gasteiger partial charge in [0, 0.05) is 62.4 Å². The molecule has 2 aromatic heterocycles. The van der Waals surface area contributed by atoms with E-state index in [9.17, 15) is 9.59 Å². The number of carbonyl (C=O) groups excluding carboxylic acids is 1. The maximum Gasteiger partial charge on any atom is 0.252 e. The van der Waals surface area contributed by atoms with Gasteiger partial charge in [-0.1, -0.05) is 18.2 Å². The lowest BCUT2D eigenvalue weighted by Crippen LogP contribution is -2.30. The summed E-state index contributed by atoms with van der Waals surface area (Å²) in [5.74, 6) is 0.283. The lowest BCUT2D eigenvalue weighted by molar-refractivity contribution is -0.127. The molecule has 1 aromatic carbocycles. The third kappa shape index (κ3) is 3.38. The molecule has 1 aliphatic rings. The monoisotopic (exact) mass is 365 g/mol. The van der Waals surface area contributed by atoms with E-state index in [2.05, 4.69) is 15.4 Å². The van der Waals surface area contributed by atoms with Crippen molar-refractivity contribution in [2.24, 2.45) is 13.0 Å². The van der Waals surface area contributed by atoms with Gasteiger partial charge in [0.25, 0.3) is 5.56 Å². The highest BCUT2D eigenvalue weighted by molar-refractivity contribution is 5.79. The van der Waals surface area contributed by atoms with Crippen LogP contribution in [0.1, 0.15) is 23.6 Å². The zero-order valence-corrected chi connectivity index (χ0v) is 15.5. The molecule has 2 atom stereocenters. The maximum absolute atomic E-state index is 12.3. The number of amides is 1. The second-order valence-electron chi connectivity index (χ2n) is 7.20. The molecule has 1 fully saturated rings. The van der Waals surface area contributed by atoms with E-state index < -0.39 is 0 Å². The Balaban J connectivity index is 1.47. The van der Waals surface area contributed by atoms with Crippen LogP contribution in [-0.2, 0) is 18.4 Å². The molecule has 0 saturated carbocycles. The van der Waals surface area contributed by atoms with Crippen molar-refractivity contribution in [1.82, 2.24) is 25.0 Å². The van der Waals surface area contributed by atoms with Crippen LogP contribution in [0.2, 0.25) is 0 Å². The molecule has 0 radical (unpaired) electrons. The number of benzene rings is 1. The number of H-pyrrole nitrogens is 1. The number of aromatic amines is 1. The smallest absolute Gasteiger partial charge is 0.252 e. The van der Waals surface area contributed by atoms with Crippen molar-refractivity contribution in [3.05, 3.63) is 64.2 Å². The van der Waals surface area contributed by atoms with Crippen molar-refractivity contribution in [1.29, 1.82) is 0 Å². The van der Waals surface area contributed by atoms with Crippen LogP contribution in [0.4, 0.5) is 0 Å². The van der Waals surface area contributed by atoms with E-state index in [-0.39, 0.29) is 23.4 Å². The van der Waals surface area contributed by atoms with Crippen LogP contribution in [0.3, 0.4) is 0 Å². The molecule has 0 unspecified atom stereocenters. The van der Waals surface area contributed by atoms with Crippen molar-refractivity contribution < 1.29 is 4.79 Å². The van der Waals surface area contributed by atoms with Crippen molar-refractivity contribution in [2.75, 3.05) is 13.6 Å². The lowest BCUT2D eigenvalue weighted by Gasteiger charge is -2.24. The van der Waals surface area contributed by atoms with E-state index >= 15 is 0 Å². The first-order valence-corrected chi connectivity index (χ1v) is 9.09. The number of nitrogens with zero attached hydrogens (tertiary/aromatic N) is 3. The molecule has 27 heavy (non-hydrogen) atoms. The van der Waals surface area contributed by atoms with E-state index in [1.165, 1.54) is 0 Å². The summed E-state index contributed by atoms with van der Waals surface area (Å²) in [6.07, 6.45) is 4.28. The predicted molar refractivity (Wildman–Crippen MR) is 103 cm³/mol. The number of pyridine rings is 1. The normalized spacial score (nSPS) is 19.9. The fourth-order valence-electron chi connectivity index (χ4n) is 3.94. The first-order chi connectivity index (χ1) is 13.0. The predicted octanol–water partition coefficient (Wildman–Crippen LogP) is 1.57. The summed E-state index contributed by atoms with van der Waals surface area (Å²) in [6.45, 7) is 1.12. The molecule has 0 bridgehead atoms. The first-order valence-electron chi connectivity index (χ1n) is 9.09. The molecule has 0 aliphatic carbocycles. The van der Waals surface area contributed by atoms with Crippen LogP contribution in [-0.4, -0.2) is 39.2 Å². The number of hydrogen-bond donors (Lipinski definition) is 2. The van der Waals surface area contributed by atoms with Crippen LogP contribution < -0.4 is 10.9 Å². The van der Waals surface area contributed by atoms with E-state index in [0.29, 0.717) is 25.1 Å². The minimum atomic E-state index is -0.0791. The average Bonchev–Trinajstić information content (AvgIpc) is 3.18. The fraction of sp³-hybridized carbons (Fsp3) is 0.350. The van der Waals surface area contributed by atoms with Gasteiger partial charge in [-0.25, -0.2) is 0 Å². The van der Waals surface area contributed by atoms with Crippen LogP contribution in [0.25, 0.3) is 10.9 Å². The number of aryl methyl sites for hydroxylation is 1. The Morgan fingerprint density at radius 1 is 1.26 bits per heavy atom. The molecular weight excluding hydrogens is 342 g/mol. The molecule has 1 aliphatic heterocycles. The number of rotatable bonds is 5. The third-order valence-corrected chi connectivity index (χ3v) is 5.31. The summed E-state index contributed by atoms with van der Waals surface area (Å²) >= 11 is 0. The van der Waals surface area contributed by atoms with Crippen LogP contribution >= 0.6 is 0 Å². The van der Waals surface area contributed by atoms with Gasteiger partial charge >= 0.3 is 0 Å². The second-order valence-corrected chi connectivity index (χ2v) is 7.20. The Morgan fingerprint density at radius 3 is 2.85 bits per heavy atom. The Morgan fingerprint density at radius 2 is 2.07 bits per heavy atom. The summed E-state index contributed by atoms with van der Waals surface area (Å²) in [5.41, 5.74) is 2.50. The minimum absolute atomic E-state index is 0.00795. The summed E-state index contributed by atoms with van der Waals surface area (Å²) in [5, 5.41) is 8.62. The molecule has 7 heteroatoms. The van der Waals surface area contributed by atoms with Crippen molar-refractivity contribution in [2.45, 2.75) is 19.0 Å². The Labute approximate surface area is 157 Å². The number of aromatic nitrogens is 3. The van der Waals surface area contributed by atoms with Crippen molar-refractivity contribution >= 4 is 16.8 Å². The number of fused-ring (bicyclic) bond motifs is 1. The number of carbonyl (C=O) groups is 1. The summed E-state index contributed by atoms with van der Waals surface area (Å²) in [6, 6.07) is 9.67. The molecule has 3 aromatic rings. The van der Waals surface area contributed by atoms with Gasteiger partial charge in [0.05, 0.1) is 12.2 Å². The van der Waals surface area contributed by atoms with E-state index in [1.807, 2.05) is 56.8 Å². The highest BCUT2D eigenvalue weighted by atomic mass is 16.2. The summed E-state index contributed by atoms with van der Waals surface area (Å²) < 4.78 is 1.76. The van der Waals surface area contributed by atoms with Gasteiger partial charge in [-0.3, -0.25) is 14.3 Å². The number of para-hydroxylation sites is 1. The quantitative estimate of drug-likeness (QED) is 0.719. The van der Waals surface area contributed by atoms with E-state index in [4.69, 9.17) is 0 Å². The fourth-order valence-corrected chi connectivity index (χ4v) is 3.94. The van der Waals surface area contributed by atoms with Crippen molar-refractivity contribution in [3.63, 3.8) is 0 Å².